The molecule has 0 aromatic rings. The molecule has 7 atom stereocenters. The maximum absolute atomic E-state index is 14.4. The number of Topliss-reactive ketones (excluding diaryl/α,β-unsaturated/α-hetero) is 1. The van der Waals surface area contributed by atoms with Crippen molar-refractivity contribution in [2.24, 2.45) is 35.0 Å². The third-order valence-electron chi connectivity index (χ3n) is 10.3. The van der Waals surface area contributed by atoms with Crippen molar-refractivity contribution < 1.29 is 28.7 Å². The minimum Gasteiger partial charge on any atom is -0.444 e. The quantitative estimate of drug-likeness (QED) is 0.244. The molecule has 240 valence electrons. The van der Waals surface area contributed by atoms with Gasteiger partial charge >= 0.3 is 6.09 Å². The number of carbonyl (C=O) groups is 5. The van der Waals surface area contributed by atoms with E-state index >= 15 is 0 Å². The van der Waals surface area contributed by atoms with E-state index in [9.17, 15) is 24.0 Å². The van der Waals surface area contributed by atoms with Crippen molar-refractivity contribution in [3.63, 3.8) is 0 Å². The van der Waals surface area contributed by atoms with Crippen molar-refractivity contribution in [3.8, 4) is 0 Å². The van der Waals surface area contributed by atoms with Gasteiger partial charge in [0.1, 0.15) is 17.7 Å². The molecule has 4 unspecified atom stereocenters. The molecule has 1 saturated heterocycles. The smallest absolute Gasteiger partial charge is 0.408 e. The number of hydrogen-bond donors (Lipinski definition) is 3. The molecule has 0 aromatic heterocycles. The molecule has 3 aliphatic carbocycles. The number of nitrogens with one attached hydrogen (secondary N) is 3. The van der Waals surface area contributed by atoms with E-state index in [2.05, 4.69) is 36.4 Å². The molecule has 1 heterocycles. The predicted molar refractivity (Wildman–Crippen MR) is 163 cm³/mol. The Morgan fingerprint density at radius 2 is 1.67 bits per heavy atom. The summed E-state index contributed by atoms with van der Waals surface area (Å²) in [4.78, 5) is 68.4. The predicted octanol–water partition coefficient (Wildman–Crippen LogP) is 3.74. The molecule has 10 nitrogen and oxygen atoms in total. The molecule has 10 heteroatoms. The van der Waals surface area contributed by atoms with Crippen molar-refractivity contribution in [2.75, 3.05) is 13.1 Å². The van der Waals surface area contributed by atoms with Gasteiger partial charge in [-0.15, -0.1) is 6.58 Å². The zero-order valence-corrected chi connectivity index (χ0v) is 26.9. The number of hydrogen-bond acceptors (Lipinski definition) is 6. The van der Waals surface area contributed by atoms with E-state index in [0.717, 1.165) is 25.7 Å². The highest BCUT2D eigenvalue weighted by Gasteiger charge is 2.70. The van der Waals surface area contributed by atoms with Crippen LogP contribution in [0, 0.1) is 35.0 Å². The van der Waals surface area contributed by atoms with Gasteiger partial charge in [-0.05, 0) is 75.0 Å². The molecule has 4 amide bonds. The highest BCUT2D eigenvalue weighted by Crippen LogP contribution is 2.65. The molecule has 4 aliphatic rings. The van der Waals surface area contributed by atoms with Gasteiger partial charge in [0, 0.05) is 13.1 Å². The lowest BCUT2D eigenvalue weighted by Gasteiger charge is -2.35. The molecule has 3 N–H and O–H groups in total. The third-order valence-corrected chi connectivity index (χ3v) is 10.3. The van der Waals surface area contributed by atoms with Crippen LogP contribution < -0.4 is 16.0 Å². The Kier molecular flexibility index (Phi) is 9.96. The first-order chi connectivity index (χ1) is 20.2. The summed E-state index contributed by atoms with van der Waals surface area (Å²) in [5.74, 6) is -1.05. The Bertz CT molecular complexity index is 1100. The van der Waals surface area contributed by atoms with Crippen molar-refractivity contribution in [2.45, 2.75) is 117 Å². The van der Waals surface area contributed by atoms with E-state index in [1.165, 1.54) is 18.9 Å². The molecule has 4 fully saturated rings. The molecule has 1 aliphatic heterocycles. The van der Waals surface area contributed by atoms with Crippen LogP contribution in [0.3, 0.4) is 0 Å². The summed E-state index contributed by atoms with van der Waals surface area (Å²) >= 11 is 0. The zero-order chi connectivity index (χ0) is 31.7. The lowest BCUT2D eigenvalue weighted by Crippen LogP contribution is -2.59. The highest BCUT2D eigenvalue weighted by atomic mass is 16.6. The Hall–Kier alpha value is -2.91. The molecule has 43 heavy (non-hydrogen) atoms. The maximum Gasteiger partial charge on any atom is 0.408 e. The first kappa shape index (κ1) is 33.0. The van der Waals surface area contributed by atoms with Gasteiger partial charge in [-0.2, -0.15) is 0 Å². The summed E-state index contributed by atoms with van der Waals surface area (Å²) in [6.07, 6.45) is 8.16. The number of rotatable bonds is 11. The fourth-order valence-electron chi connectivity index (χ4n) is 8.08. The lowest BCUT2D eigenvalue weighted by molar-refractivity contribution is -0.144. The Morgan fingerprint density at radius 3 is 2.23 bits per heavy atom. The fourth-order valence-corrected chi connectivity index (χ4v) is 8.08. The molecule has 3 saturated carbocycles. The lowest BCUT2D eigenvalue weighted by atomic mass is 9.82. The summed E-state index contributed by atoms with van der Waals surface area (Å²) in [5.41, 5.74) is -0.859. The summed E-state index contributed by atoms with van der Waals surface area (Å²) in [5, 5.41) is 8.26. The summed E-state index contributed by atoms with van der Waals surface area (Å²) in [6.45, 7) is 15.6. The first-order valence-electron chi connectivity index (χ1n) is 16.2. The van der Waals surface area contributed by atoms with E-state index < -0.39 is 47.4 Å². The second kappa shape index (κ2) is 13.0. The fraction of sp³-hybridized carbons (Fsp3) is 0.788. The van der Waals surface area contributed by atoms with E-state index in [4.69, 9.17) is 4.74 Å². The maximum atomic E-state index is 14.4. The Morgan fingerprint density at radius 1 is 1.05 bits per heavy atom. The van der Waals surface area contributed by atoms with Crippen LogP contribution in [0.1, 0.15) is 92.9 Å². The van der Waals surface area contributed by atoms with Gasteiger partial charge in [0.05, 0.1) is 6.04 Å². The van der Waals surface area contributed by atoms with Crippen LogP contribution in [0.15, 0.2) is 12.7 Å². The molecular weight excluding hydrogens is 548 g/mol. The molecule has 0 aromatic carbocycles. The number of likely N-dealkylation sites (tertiary alicyclic amines) is 1. The van der Waals surface area contributed by atoms with Gasteiger partial charge < -0.3 is 25.6 Å². The van der Waals surface area contributed by atoms with Crippen molar-refractivity contribution in [1.82, 2.24) is 20.9 Å². The number of fused-ring (bicyclic) bond motifs is 2. The van der Waals surface area contributed by atoms with Gasteiger partial charge in [-0.1, -0.05) is 59.0 Å². The zero-order valence-electron chi connectivity index (χ0n) is 26.9. The van der Waals surface area contributed by atoms with Gasteiger partial charge in [0.2, 0.25) is 17.6 Å². The summed E-state index contributed by atoms with van der Waals surface area (Å²) in [6, 6.07) is -2.58. The molecular formula is C33H52N4O6. The summed E-state index contributed by atoms with van der Waals surface area (Å²) < 4.78 is 5.57. The molecule has 4 rings (SSSR count). The molecule has 0 spiro atoms. The number of ketones is 1. The monoisotopic (exact) mass is 600 g/mol. The van der Waals surface area contributed by atoms with Crippen molar-refractivity contribution in [3.05, 3.63) is 12.7 Å². The van der Waals surface area contributed by atoms with Crippen LogP contribution in [-0.4, -0.2) is 71.3 Å². The minimum absolute atomic E-state index is 0.0373. The third kappa shape index (κ3) is 7.26. The number of piperidine rings is 1. The molecule has 0 bridgehead atoms. The van der Waals surface area contributed by atoms with E-state index in [1.807, 2.05) is 6.92 Å². The van der Waals surface area contributed by atoms with Crippen LogP contribution in [0.2, 0.25) is 0 Å². The number of ether oxygens (including phenoxy) is 1. The summed E-state index contributed by atoms with van der Waals surface area (Å²) in [7, 11) is 0. The van der Waals surface area contributed by atoms with Crippen LogP contribution in [-0.2, 0) is 23.9 Å². The average Bonchev–Trinajstić information content (AvgIpc) is 3.30. The van der Waals surface area contributed by atoms with Crippen LogP contribution in [0.5, 0.6) is 0 Å². The largest absolute Gasteiger partial charge is 0.444 e. The standard InChI is InChI=1S/C33H52N4O6/c1-8-12-23(27(38)29(40)34-15-9-2)35-28(39)26-24-22(33(24,6)7)18-37(26)30(41)25(36-31(42)43-32(3,4)5)21-16-19-13-10-11-14-20(19)17-21/h9,19-26H,2,8,10-18H2,1,3-7H3,(H,34,40)(H,35,39)(H,36,42)/t19?,20?,21?,22-,23?,24-,25?,26-/m0/s1. The van der Waals surface area contributed by atoms with Crippen molar-refractivity contribution in [1.29, 1.82) is 0 Å². The topological polar surface area (TPSA) is 134 Å². The number of nitrogens with zero attached hydrogens (tertiary/aromatic N) is 1. The average molecular weight is 601 g/mol. The van der Waals surface area contributed by atoms with Crippen LogP contribution in [0.25, 0.3) is 0 Å². The van der Waals surface area contributed by atoms with E-state index in [-0.39, 0.29) is 35.6 Å². The van der Waals surface area contributed by atoms with Gasteiger partial charge in [-0.25, -0.2) is 4.79 Å². The Balaban J connectivity index is 1.57. The van der Waals surface area contributed by atoms with Gasteiger partial charge in [0.15, 0.2) is 0 Å². The van der Waals surface area contributed by atoms with Gasteiger partial charge in [0.25, 0.3) is 5.91 Å². The van der Waals surface area contributed by atoms with E-state index in [1.54, 1.807) is 25.7 Å². The van der Waals surface area contributed by atoms with Gasteiger partial charge in [-0.3, -0.25) is 19.2 Å². The van der Waals surface area contributed by atoms with Crippen LogP contribution >= 0.6 is 0 Å². The number of alkyl carbamates (subject to hydrolysis) is 1. The first-order valence-corrected chi connectivity index (χ1v) is 16.2. The van der Waals surface area contributed by atoms with Crippen LogP contribution in [0.4, 0.5) is 4.79 Å². The second-order valence-electron chi connectivity index (χ2n) is 14.8. The Labute approximate surface area is 256 Å². The molecule has 0 radical (unpaired) electrons. The number of carbonyl (C=O) groups excluding carboxylic acids is 5. The second-order valence-corrected chi connectivity index (χ2v) is 14.8. The normalized spacial score (nSPS) is 30.2. The SMILES string of the molecule is C=CCNC(=O)C(=O)C(CCC)NC(=O)[C@@H]1[C@@H]2[C@H](CN1C(=O)C(NC(=O)OC(C)(C)C)C1CC3CCCCC3C1)C2(C)C. The number of amides is 4. The minimum atomic E-state index is -0.992. The highest BCUT2D eigenvalue weighted by molar-refractivity contribution is 6.38. The van der Waals surface area contributed by atoms with Crippen molar-refractivity contribution >= 4 is 29.6 Å². The van der Waals surface area contributed by atoms with E-state index in [0.29, 0.717) is 31.2 Å².